The van der Waals surface area contributed by atoms with Crippen LogP contribution in [-0.2, 0) is 18.3 Å². The van der Waals surface area contributed by atoms with Crippen molar-refractivity contribution in [2.24, 2.45) is 7.05 Å². The molecule has 0 saturated carbocycles. The van der Waals surface area contributed by atoms with Gasteiger partial charge in [0.05, 0.1) is 17.2 Å². The molecule has 0 aliphatic carbocycles. The Bertz CT molecular complexity index is 997. The molecule has 130 valence electrons. The van der Waals surface area contributed by atoms with E-state index in [1.165, 1.54) is 0 Å². The van der Waals surface area contributed by atoms with Crippen LogP contribution in [0.3, 0.4) is 0 Å². The number of aryl methyl sites for hydroxylation is 2. The number of hydrogen-bond acceptors (Lipinski definition) is 3. The predicted octanol–water partition coefficient (Wildman–Crippen LogP) is 2.44. The SMILES string of the molecule is Cn1cc(C(=O)NNC(=O)CCc2ccc(C#N)cc2)c2ccccc21. The molecule has 0 saturated heterocycles. The van der Waals surface area contributed by atoms with Crippen LogP contribution in [-0.4, -0.2) is 16.4 Å². The first-order valence-electron chi connectivity index (χ1n) is 8.21. The molecule has 2 aromatic carbocycles. The number of rotatable bonds is 4. The van der Waals surface area contributed by atoms with E-state index in [0.29, 0.717) is 17.5 Å². The van der Waals surface area contributed by atoms with Gasteiger partial charge in [0.1, 0.15) is 0 Å². The summed E-state index contributed by atoms with van der Waals surface area (Å²) in [5, 5.41) is 9.61. The minimum absolute atomic E-state index is 0.238. The fourth-order valence-electron chi connectivity index (χ4n) is 2.78. The third-order valence-corrected chi connectivity index (χ3v) is 4.18. The van der Waals surface area contributed by atoms with Gasteiger partial charge in [0.15, 0.2) is 0 Å². The Labute approximate surface area is 151 Å². The molecule has 3 rings (SSSR count). The topological polar surface area (TPSA) is 86.9 Å². The second kappa shape index (κ2) is 7.53. The molecule has 6 heteroatoms. The molecule has 0 unspecified atom stereocenters. The minimum atomic E-state index is -0.353. The molecule has 0 bridgehead atoms. The van der Waals surface area contributed by atoms with Gasteiger partial charge in [0.2, 0.25) is 5.91 Å². The molecule has 2 N–H and O–H groups in total. The van der Waals surface area contributed by atoms with E-state index in [1.807, 2.05) is 48.0 Å². The van der Waals surface area contributed by atoms with Gasteiger partial charge >= 0.3 is 0 Å². The molecular formula is C20H18N4O2. The number of benzene rings is 2. The van der Waals surface area contributed by atoms with Crippen molar-refractivity contribution >= 4 is 22.7 Å². The summed E-state index contributed by atoms with van der Waals surface area (Å²) in [7, 11) is 1.87. The Morgan fingerprint density at radius 1 is 1.08 bits per heavy atom. The fraction of sp³-hybridized carbons (Fsp3) is 0.150. The Kier molecular flexibility index (Phi) is 4.99. The van der Waals surface area contributed by atoms with Gasteiger partial charge in [-0.2, -0.15) is 5.26 Å². The van der Waals surface area contributed by atoms with Gasteiger partial charge in [-0.05, 0) is 30.2 Å². The highest BCUT2D eigenvalue weighted by molar-refractivity contribution is 6.07. The zero-order valence-corrected chi connectivity index (χ0v) is 14.3. The van der Waals surface area contributed by atoms with Crippen LogP contribution in [0.5, 0.6) is 0 Å². The lowest BCUT2D eigenvalue weighted by atomic mass is 10.1. The first-order valence-corrected chi connectivity index (χ1v) is 8.21. The smallest absolute Gasteiger partial charge is 0.271 e. The van der Waals surface area contributed by atoms with Crippen molar-refractivity contribution in [2.75, 3.05) is 0 Å². The van der Waals surface area contributed by atoms with Crippen molar-refractivity contribution < 1.29 is 9.59 Å². The average Bonchev–Trinajstić information content (AvgIpc) is 3.02. The highest BCUT2D eigenvalue weighted by Gasteiger charge is 2.14. The number of nitrogens with one attached hydrogen (secondary N) is 2. The number of fused-ring (bicyclic) bond motifs is 1. The summed E-state index contributed by atoms with van der Waals surface area (Å²) in [5.41, 5.74) is 7.91. The van der Waals surface area contributed by atoms with Crippen LogP contribution in [0.4, 0.5) is 0 Å². The predicted molar refractivity (Wildman–Crippen MR) is 98.0 cm³/mol. The summed E-state index contributed by atoms with van der Waals surface area (Å²) in [6.07, 6.45) is 2.51. The lowest BCUT2D eigenvalue weighted by Crippen LogP contribution is -2.41. The zero-order valence-electron chi connectivity index (χ0n) is 14.3. The zero-order chi connectivity index (χ0) is 18.5. The summed E-state index contributed by atoms with van der Waals surface area (Å²) in [6.45, 7) is 0. The first kappa shape index (κ1) is 17.2. The van der Waals surface area contributed by atoms with Crippen molar-refractivity contribution in [1.82, 2.24) is 15.4 Å². The lowest BCUT2D eigenvalue weighted by molar-refractivity contribution is -0.121. The molecule has 0 spiro atoms. The van der Waals surface area contributed by atoms with Crippen LogP contribution < -0.4 is 10.9 Å². The number of carbonyl (C=O) groups is 2. The van der Waals surface area contributed by atoms with Gasteiger partial charge in [-0.3, -0.25) is 20.4 Å². The van der Waals surface area contributed by atoms with E-state index in [-0.39, 0.29) is 18.2 Å². The van der Waals surface area contributed by atoms with E-state index < -0.39 is 0 Å². The normalized spacial score (nSPS) is 10.3. The molecule has 26 heavy (non-hydrogen) atoms. The van der Waals surface area contributed by atoms with Gasteiger partial charge in [-0.1, -0.05) is 30.3 Å². The van der Waals surface area contributed by atoms with Gasteiger partial charge in [-0.15, -0.1) is 0 Å². The van der Waals surface area contributed by atoms with Crippen LogP contribution in [0.15, 0.2) is 54.7 Å². The third-order valence-electron chi connectivity index (χ3n) is 4.18. The van der Waals surface area contributed by atoms with Gasteiger partial charge < -0.3 is 4.57 Å². The van der Waals surface area contributed by atoms with Crippen LogP contribution in [0, 0.1) is 11.3 Å². The lowest BCUT2D eigenvalue weighted by Gasteiger charge is -2.07. The summed E-state index contributed by atoms with van der Waals surface area (Å²) < 4.78 is 1.87. The molecule has 3 aromatic rings. The fourth-order valence-corrected chi connectivity index (χ4v) is 2.78. The Morgan fingerprint density at radius 3 is 2.54 bits per heavy atom. The van der Waals surface area contributed by atoms with Crippen molar-refractivity contribution in [3.8, 4) is 6.07 Å². The van der Waals surface area contributed by atoms with Crippen molar-refractivity contribution in [3.05, 3.63) is 71.4 Å². The van der Waals surface area contributed by atoms with Crippen LogP contribution in [0.1, 0.15) is 27.9 Å². The molecule has 0 fully saturated rings. The second-order valence-corrected chi connectivity index (χ2v) is 5.98. The Hall–Kier alpha value is -3.59. The van der Waals surface area contributed by atoms with Crippen molar-refractivity contribution in [1.29, 1.82) is 5.26 Å². The summed E-state index contributed by atoms with van der Waals surface area (Å²) >= 11 is 0. The standard InChI is InChI=1S/C20H18N4O2/c1-24-13-17(16-4-2-3-5-18(16)24)20(26)23-22-19(25)11-10-14-6-8-15(12-21)9-7-14/h2-9,13H,10-11H2,1H3,(H,22,25)(H,23,26). The molecule has 0 aliphatic rings. The summed E-state index contributed by atoms with van der Waals surface area (Å²) in [5.74, 6) is -0.628. The maximum atomic E-state index is 12.4. The number of hydrogen-bond donors (Lipinski definition) is 2. The van der Waals surface area contributed by atoms with E-state index in [4.69, 9.17) is 5.26 Å². The van der Waals surface area contributed by atoms with E-state index in [0.717, 1.165) is 16.5 Å². The summed E-state index contributed by atoms with van der Waals surface area (Å²) in [4.78, 5) is 24.3. The molecule has 0 atom stereocenters. The molecule has 1 heterocycles. The molecule has 0 radical (unpaired) electrons. The highest BCUT2D eigenvalue weighted by atomic mass is 16.2. The number of hydrazine groups is 1. The van der Waals surface area contributed by atoms with Crippen molar-refractivity contribution in [3.63, 3.8) is 0 Å². The van der Waals surface area contributed by atoms with E-state index in [2.05, 4.69) is 16.9 Å². The molecule has 1 aromatic heterocycles. The van der Waals surface area contributed by atoms with Gasteiger partial charge in [-0.25, -0.2) is 0 Å². The maximum absolute atomic E-state index is 12.4. The quantitative estimate of drug-likeness (QED) is 0.711. The number of carbonyl (C=O) groups excluding carboxylic acids is 2. The second-order valence-electron chi connectivity index (χ2n) is 5.98. The molecule has 0 aliphatic heterocycles. The van der Waals surface area contributed by atoms with Gasteiger partial charge in [0, 0.05) is 30.6 Å². The van der Waals surface area contributed by atoms with Crippen LogP contribution in [0.2, 0.25) is 0 Å². The monoisotopic (exact) mass is 346 g/mol. The number of para-hydroxylation sites is 1. The number of amides is 2. The van der Waals surface area contributed by atoms with E-state index >= 15 is 0 Å². The first-order chi connectivity index (χ1) is 12.6. The largest absolute Gasteiger partial charge is 0.350 e. The van der Waals surface area contributed by atoms with E-state index in [1.54, 1.807) is 18.3 Å². The van der Waals surface area contributed by atoms with Crippen molar-refractivity contribution in [2.45, 2.75) is 12.8 Å². The molecular weight excluding hydrogens is 328 g/mol. The molecule has 6 nitrogen and oxygen atoms in total. The van der Waals surface area contributed by atoms with E-state index in [9.17, 15) is 9.59 Å². The number of nitrogens with zero attached hydrogens (tertiary/aromatic N) is 2. The maximum Gasteiger partial charge on any atom is 0.271 e. The Morgan fingerprint density at radius 2 is 1.81 bits per heavy atom. The van der Waals surface area contributed by atoms with Crippen LogP contribution >= 0.6 is 0 Å². The average molecular weight is 346 g/mol. The minimum Gasteiger partial charge on any atom is -0.350 e. The highest BCUT2D eigenvalue weighted by Crippen LogP contribution is 2.19. The Balaban J connectivity index is 1.55. The van der Waals surface area contributed by atoms with Gasteiger partial charge in [0.25, 0.3) is 5.91 Å². The number of aromatic nitrogens is 1. The third kappa shape index (κ3) is 3.73. The summed E-state index contributed by atoms with van der Waals surface area (Å²) in [6, 6.07) is 16.7. The number of nitriles is 1. The van der Waals surface area contributed by atoms with Crippen LogP contribution in [0.25, 0.3) is 10.9 Å². The molecule has 2 amide bonds.